The summed E-state index contributed by atoms with van der Waals surface area (Å²) < 4.78 is 10.3. The Morgan fingerprint density at radius 2 is 1.64 bits per heavy atom. The van der Waals surface area contributed by atoms with E-state index in [0.29, 0.717) is 11.2 Å². The Hall–Kier alpha value is -3.28. The van der Waals surface area contributed by atoms with E-state index < -0.39 is 11.9 Å². The fourth-order valence-electron chi connectivity index (χ4n) is 6.58. The molecule has 6 rings (SSSR count). The van der Waals surface area contributed by atoms with Gasteiger partial charge in [0.1, 0.15) is 11.5 Å². The molecule has 0 radical (unpaired) electrons. The number of hydrogen-bond acceptors (Lipinski definition) is 5. The SMILES string of the molecule is COC(=O)c1ccc(O)c(NC(=O)C=COc2ccc(C34CC5CC(CC(C5)C3)C4)cc2)c1. The quantitative estimate of drug-likeness (QED) is 0.276. The van der Waals surface area contributed by atoms with Crippen molar-refractivity contribution in [2.75, 3.05) is 12.4 Å². The highest BCUT2D eigenvalue weighted by Gasteiger charge is 2.51. The van der Waals surface area contributed by atoms with E-state index in [1.54, 1.807) is 0 Å². The van der Waals surface area contributed by atoms with Crippen molar-refractivity contribution in [3.63, 3.8) is 0 Å². The number of carbonyl (C=O) groups excluding carboxylic acids is 2. The lowest BCUT2D eigenvalue weighted by Gasteiger charge is -2.57. The number of methoxy groups -OCH3 is 1. The number of hydrogen-bond donors (Lipinski definition) is 2. The van der Waals surface area contributed by atoms with Crippen molar-refractivity contribution in [3.8, 4) is 11.5 Å². The molecule has 4 aliphatic rings. The Kier molecular flexibility index (Phi) is 5.60. The van der Waals surface area contributed by atoms with Crippen LogP contribution in [0, 0.1) is 17.8 Å². The zero-order valence-electron chi connectivity index (χ0n) is 18.8. The first-order chi connectivity index (χ1) is 15.9. The molecule has 0 aliphatic heterocycles. The molecule has 2 aromatic carbocycles. The van der Waals surface area contributed by atoms with Crippen molar-refractivity contribution < 1.29 is 24.2 Å². The van der Waals surface area contributed by atoms with E-state index >= 15 is 0 Å². The van der Waals surface area contributed by atoms with E-state index in [9.17, 15) is 14.7 Å². The highest BCUT2D eigenvalue weighted by molar-refractivity contribution is 6.01. The molecule has 1 amide bonds. The molecule has 4 aliphatic carbocycles. The summed E-state index contributed by atoms with van der Waals surface area (Å²) in [4.78, 5) is 23.9. The molecule has 2 aromatic rings. The topological polar surface area (TPSA) is 84.9 Å². The van der Waals surface area contributed by atoms with E-state index in [0.717, 1.165) is 17.8 Å². The van der Waals surface area contributed by atoms with Crippen molar-refractivity contribution in [3.05, 3.63) is 65.9 Å². The van der Waals surface area contributed by atoms with Gasteiger partial charge < -0.3 is 19.9 Å². The van der Waals surface area contributed by atoms with Crippen molar-refractivity contribution in [2.24, 2.45) is 17.8 Å². The number of esters is 1. The Labute approximate surface area is 193 Å². The van der Waals surface area contributed by atoms with Gasteiger partial charge in [0.25, 0.3) is 5.91 Å². The van der Waals surface area contributed by atoms with Gasteiger partial charge in [-0.3, -0.25) is 4.79 Å². The molecule has 0 saturated heterocycles. The summed E-state index contributed by atoms with van der Waals surface area (Å²) in [6, 6.07) is 12.4. The van der Waals surface area contributed by atoms with Gasteiger partial charge in [-0.25, -0.2) is 4.79 Å². The maximum Gasteiger partial charge on any atom is 0.337 e. The van der Waals surface area contributed by atoms with Gasteiger partial charge in [0.05, 0.1) is 24.6 Å². The van der Waals surface area contributed by atoms with Gasteiger partial charge in [0.15, 0.2) is 0 Å². The summed E-state index contributed by atoms with van der Waals surface area (Å²) in [6.45, 7) is 0. The van der Waals surface area contributed by atoms with Crippen molar-refractivity contribution in [1.29, 1.82) is 0 Å². The summed E-state index contributed by atoms with van der Waals surface area (Å²) in [5.74, 6) is 2.19. The Morgan fingerprint density at radius 3 is 2.24 bits per heavy atom. The van der Waals surface area contributed by atoms with Crippen LogP contribution in [0.3, 0.4) is 0 Å². The van der Waals surface area contributed by atoms with Crippen LogP contribution in [-0.2, 0) is 14.9 Å². The van der Waals surface area contributed by atoms with Crippen LogP contribution in [0.1, 0.15) is 54.4 Å². The highest BCUT2D eigenvalue weighted by Crippen LogP contribution is 2.60. The standard InChI is InChI=1S/C27H29NO5/c1-32-26(31)20-2-7-24(29)23(13-20)28-25(30)8-9-33-22-5-3-21(4-6-22)27-14-17-10-18(15-27)12-19(11-17)16-27/h2-9,13,17-19,29H,10-12,14-16H2,1H3,(H,28,30). The number of anilines is 1. The van der Waals surface area contributed by atoms with Crippen LogP contribution in [0.4, 0.5) is 5.69 Å². The summed E-state index contributed by atoms with van der Waals surface area (Å²) in [5.41, 5.74) is 2.12. The third kappa shape index (κ3) is 4.34. The fraction of sp³-hybridized carbons (Fsp3) is 0.407. The molecule has 0 aromatic heterocycles. The number of benzene rings is 2. The molecule has 0 heterocycles. The molecule has 33 heavy (non-hydrogen) atoms. The second-order valence-corrected chi connectivity index (χ2v) is 9.86. The second-order valence-electron chi connectivity index (χ2n) is 9.86. The molecule has 6 heteroatoms. The number of rotatable bonds is 6. The van der Waals surface area contributed by atoms with Gasteiger partial charge in [0.2, 0.25) is 0 Å². The lowest BCUT2D eigenvalue weighted by molar-refractivity contribution is -0.112. The molecule has 0 atom stereocenters. The number of phenols is 1. The summed E-state index contributed by atoms with van der Waals surface area (Å²) in [5, 5.41) is 12.5. The molecule has 4 saturated carbocycles. The second kappa shape index (κ2) is 8.58. The van der Waals surface area contributed by atoms with Gasteiger partial charge in [-0.05, 0) is 97.6 Å². The zero-order valence-corrected chi connectivity index (χ0v) is 18.8. The van der Waals surface area contributed by atoms with Crippen molar-refractivity contribution in [2.45, 2.75) is 43.9 Å². The zero-order chi connectivity index (χ0) is 23.0. The van der Waals surface area contributed by atoms with E-state index in [2.05, 4.69) is 22.2 Å². The first-order valence-electron chi connectivity index (χ1n) is 11.6. The number of phenolic OH excluding ortho intramolecular Hbond substituents is 1. The first-order valence-corrected chi connectivity index (χ1v) is 11.6. The maximum absolute atomic E-state index is 12.2. The summed E-state index contributed by atoms with van der Waals surface area (Å²) >= 11 is 0. The molecule has 6 nitrogen and oxygen atoms in total. The highest BCUT2D eigenvalue weighted by atomic mass is 16.5. The molecule has 0 spiro atoms. The minimum absolute atomic E-state index is 0.118. The largest absolute Gasteiger partial charge is 0.506 e. The van der Waals surface area contributed by atoms with Crippen LogP contribution in [0.5, 0.6) is 11.5 Å². The third-order valence-electron chi connectivity index (χ3n) is 7.60. The maximum atomic E-state index is 12.2. The average Bonchev–Trinajstić information content (AvgIpc) is 2.79. The van der Waals surface area contributed by atoms with Gasteiger partial charge in [0, 0.05) is 6.08 Å². The van der Waals surface area contributed by atoms with E-state index in [1.807, 2.05) is 12.1 Å². The number of nitrogens with one attached hydrogen (secondary N) is 1. The van der Waals surface area contributed by atoms with Gasteiger partial charge in [-0.1, -0.05) is 12.1 Å². The fourth-order valence-corrected chi connectivity index (χ4v) is 6.58. The number of ether oxygens (including phenoxy) is 2. The van der Waals surface area contributed by atoms with Crippen LogP contribution >= 0.6 is 0 Å². The Bertz CT molecular complexity index is 1050. The predicted molar refractivity (Wildman–Crippen MR) is 124 cm³/mol. The van der Waals surface area contributed by atoms with Crippen LogP contribution in [-0.4, -0.2) is 24.1 Å². The molecule has 4 bridgehead atoms. The molecule has 172 valence electrons. The molecular weight excluding hydrogens is 418 g/mol. The van der Waals surface area contributed by atoms with Gasteiger partial charge >= 0.3 is 5.97 Å². The Morgan fingerprint density at radius 1 is 1.00 bits per heavy atom. The molecular formula is C27H29NO5. The number of aromatic hydroxyl groups is 1. The van der Waals surface area contributed by atoms with Gasteiger partial charge in [-0.2, -0.15) is 0 Å². The minimum Gasteiger partial charge on any atom is -0.506 e. The predicted octanol–water partition coefficient (Wildman–Crippen LogP) is 5.18. The van der Waals surface area contributed by atoms with Crippen molar-refractivity contribution >= 4 is 17.6 Å². The van der Waals surface area contributed by atoms with Crippen molar-refractivity contribution in [1.82, 2.24) is 0 Å². The lowest BCUT2D eigenvalue weighted by atomic mass is 9.48. The van der Waals surface area contributed by atoms with E-state index in [4.69, 9.17) is 4.74 Å². The Balaban J connectivity index is 1.19. The monoisotopic (exact) mass is 447 g/mol. The van der Waals surface area contributed by atoms with Crippen LogP contribution < -0.4 is 10.1 Å². The summed E-state index contributed by atoms with van der Waals surface area (Å²) in [6.07, 6.45) is 10.8. The first kappa shape index (κ1) is 21.6. The minimum atomic E-state index is -0.554. The van der Waals surface area contributed by atoms with E-state index in [1.165, 1.54) is 81.7 Å². The molecule has 4 fully saturated rings. The smallest absolute Gasteiger partial charge is 0.337 e. The molecule has 0 unspecified atom stereocenters. The van der Waals surface area contributed by atoms with E-state index in [-0.39, 0.29) is 17.0 Å². The molecule has 2 N–H and O–H groups in total. The van der Waals surface area contributed by atoms with Crippen LogP contribution in [0.25, 0.3) is 0 Å². The normalized spacial score (nSPS) is 27.5. The van der Waals surface area contributed by atoms with Gasteiger partial charge in [-0.15, -0.1) is 0 Å². The third-order valence-corrected chi connectivity index (χ3v) is 7.60. The average molecular weight is 448 g/mol. The number of carbonyl (C=O) groups is 2. The lowest BCUT2D eigenvalue weighted by Crippen LogP contribution is -2.48. The number of amides is 1. The van der Waals surface area contributed by atoms with Crippen LogP contribution in [0.2, 0.25) is 0 Å². The summed E-state index contributed by atoms with van der Waals surface area (Å²) in [7, 11) is 1.27. The van der Waals surface area contributed by atoms with Crippen LogP contribution in [0.15, 0.2) is 54.8 Å².